The second kappa shape index (κ2) is 7.09. The van der Waals surface area contributed by atoms with Crippen LogP contribution < -0.4 is 0 Å². The molecule has 0 saturated heterocycles. The van der Waals surface area contributed by atoms with E-state index in [-0.39, 0.29) is 5.92 Å². The molecule has 2 nitrogen and oxygen atoms in total. The first-order chi connectivity index (χ1) is 8.17. The zero-order valence-electron chi connectivity index (χ0n) is 11.1. The van der Waals surface area contributed by atoms with Crippen molar-refractivity contribution in [3.8, 4) is 6.07 Å². The van der Waals surface area contributed by atoms with Gasteiger partial charge in [-0.3, -0.25) is 0 Å². The van der Waals surface area contributed by atoms with Crippen LogP contribution in [0.25, 0.3) is 0 Å². The fourth-order valence-electron chi connectivity index (χ4n) is 1.95. The lowest BCUT2D eigenvalue weighted by atomic mass is 9.99. The average Bonchev–Trinajstić information content (AvgIpc) is 2.36. The first kappa shape index (κ1) is 13.7. The lowest BCUT2D eigenvalue weighted by Gasteiger charge is -2.22. The fraction of sp³-hybridized carbons (Fsp3) is 0.533. The van der Waals surface area contributed by atoms with Crippen molar-refractivity contribution < 1.29 is 0 Å². The van der Waals surface area contributed by atoms with Crippen LogP contribution in [-0.2, 0) is 0 Å². The molecule has 0 aromatic heterocycles. The predicted molar refractivity (Wildman–Crippen MR) is 71.7 cm³/mol. The summed E-state index contributed by atoms with van der Waals surface area (Å²) in [6.07, 6.45) is 1.19. The quantitative estimate of drug-likeness (QED) is 0.750. The number of likely N-dealkylation sites (N-methyl/N-ethyl adjacent to an activating group) is 1. The van der Waals surface area contributed by atoms with Crippen LogP contribution in [0.2, 0.25) is 0 Å². The lowest BCUT2D eigenvalue weighted by molar-refractivity contribution is 0.278. The van der Waals surface area contributed by atoms with E-state index < -0.39 is 0 Å². The Labute approximate surface area is 105 Å². The molecule has 1 aromatic rings. The summed E-state index contributed by atoms with van der Waals surface area (Å²) in [5.41, 5.74) is 1.12. The highest BCUT2D eigenvalue weighted by atomic mass is 15.1. The monoisotopic (exact) mass is 230 g/mol. The van der Waals surface area contributed by atoms with Gasteiger partial charge in [-0.05, 0) is 18.5 Å². The normalized spacial score (nSPS) is 14.3. The Balaban J connectivity index is 2.57. The molecule has 17 heavy (non-hydrogen) atoms. The van der Waals surface area contributed by atoms with Crippen molar-refractivity contribution in [3.05, 3.63) is 35.9 Å². The van der Waals surface area contributed by atoms with Gasteiger partial charge in [0, 0.05) is 13.1 Å². The SMILES string of the molecule is CCC(C)CN(C)CC(C#N)c1ccccc1. The molecule has 1 rings (SSSR count). The molecule has 0 aliphatic carbocycles. The minimum absolute atomic E-state index is 0.0229. The first-order valence-corrected chi connectivity index (χ1v) is 6.30. The van der Waals surface area contributed by atoms with Gasteiger partial charge in [0.15, 0.2) is 0 Å². The molecule has 2 heteroatoms. The Bertz CT molecular complexity index is 353. The summed E-state index contributed by atoms with van der Waals surface area (Å²) in [6.45, 7) is 6.32. The van der Waals surface area contributed by atoms with E-state index in [1.165, 1.54) is 6.42 Å². The number of rotatable bonds is 6. The smallest absolute Gasteiger partial charge is 0.0839 e. The Hall–Kier alpha value is -1.33. The van der Waals surface area contributed by atoms with E-state index in [4.69, 9.17) is 0 Å². The highest BCUT2D eigenvalue weighted by Crippen LogP contribution is 2.16. The maximum Gasteiger partial charge on any atom is 0.0839 e. The molecule has 0 N–H and O–H groups in total. The van der Waals surface area contributed by atoms with Gasteiger partial charge >= 0.3 is 0 Å². The number of hydrogen-bond donors (Lipinski definition) is 0. The molecule has 0 saturated carbocycles. The van der Waals surface area contributed by atoms with Crippen molar-refractivity contribution in [1.82, 2.24) is 4.90 Å². The molecule has 0 bridgehead atoms. The lowest BCUT2D eigenvalue weighted by Crippen LogP contribution is -2.28. The van der Waals surface area contributed by atoms with E-state index in [1.54, 1.807) is 0 Å². The van der Waals surface area contributed by atoms with Crippen LogP contribution in [0.4, 0.5) is 0 Å². The second-order valence-electron chi connectivity index (χ2n) is 4.83. The molecule has 2 atom stereocenters. The summed E-state index contributed by atoms with van der Waals surface area (Å²) < 4.78 is 0. The predicted octanol–water partition coefficient (Wildman–Crippen LogP) is 3.27. The zero-order valence-corrected chi connectivity index (χ0v) is 11.1. The summed E-state index contributed by atoms with van der Waals surface area (Å²) in [5, 5.41) is 9.24. The van der Waals surface area contributed by atoms with Crippen LogP contribution in [0.15, 0.2) is 30.3 Å². The Morgan fingerprint density at radius 1 is 1.24 bits per heavy atom. The van der Waals surface area contributed by atoms with Gasteiger partial charge in [-0.2, -0.15) is 5.26 Å². The van der Waals surface area contributed by atoms with Crippen molar-refractivity contribution >= 4 is 0 Å². The van der Waals surface area contributed by atoms with Gasteiger partial charge in [-0.15, -0.1) is 0 Å². The summed E-state index contributed by atoms with van der Waals surface area (Å²) in [6, 6.07) is 12.4. The molecule has 0 fully saturated rings. The summed E-state index contributed by atoms with van der Waals surface area (Å²) >= 11 is 0. The van der Waals surface area contributed by atoms with Crippen LogP contribution in [0.5, 0.6) is 0 Å². The van der Waals surface area contributed by atoms with Crippen molar-refractivity contribution in [2.45, 2.75) is 26.2 Å². The van der Waals surface area contributed by atoms with E-state index in [0.717, 1.165) is 18.7 Å². The van der Waals surface area contributed by atoms with Gasteiger partial charge in [0.25, 0.3) is 0 Å². The van der Waals surface area contributed by atoms with Gasteiger partial charge in [-0.1, -0.05) is 50.6 Å². The Kier molecular flexibility index (Phi) is 5.72. The van der Waals surface area contributed by atoms with Gasteiger partial charge in [0.1, 0.15) is 0 Å². The molecule has 0 amide bonds. The third-order valence-electron chi connectivity index (χ3n) is 3.17. The van der Waals surface area contributed by atoms with Gasteiger partial charge in [-0.25, -0.2) is 0 Å². The van der Waals surface area contributed by atoms with Gasteiger partial charge < -0.3 is 4.90 Å². The average molecular weight is 230 g/mol. The minimum Gasteiger partial charge on any atom is -0.304 e. The van der Waals surface area contributed by atoms with E-state index >= 15 is 0 Å². The zero-order chi connectivity index (χ0) is 12.7. The number of nitriles is 1. The molecule has 0 spiro atoms. The fourth-order valence-corrected chi connectivity index (χ4v) is 1.95. The highest BCUT2D eigenvalue weighted by molar-refractivity contribution is 5.25. The molecular formula is C15H22N2. The third-order valence-corrected chi connectivity index (χ3v) is 3.17. The third kappa shape index (κ3) is 4.58. The summed E-state index contributed by atoms with van der Waals surface area (Å²) in [5.74, 6) is 0.667. The number of nitrogens with zero attached hydrogens (tertiary/aromatic N) is 2. The van der Waals surface area contributed by atoms with Gasteiger partial charge in [0.2, 0.25) is 0 Å². The molecule has 0 aliphatic rings. The molecule has 2 unspecified atom stereocenters. The van der Waals surface area contributed by atoms with E-state index in [1.807, 2.05) is 30.3 Å². The van der Waals surface area contributed by atoms with Crippen LogP contribution in [0, 0.1) is 17.2 Å². The molecule has 0 heterocycles. The number of hydrogen-bond acceptors (Lipinski definition) is 2. The Morgan fingerprint density at radius 3 is 2.41 bits per heavy atom. The standard InChI is InChI=1S/C15H22N2/c1-4-13(2)11-17(3)12-15(10-16)14-8-6-5-7-9-14/h5-9,13,15H,4,11-12H2,1-3H3. The van der Waals surface area contributed by atoms with Crippen molar-refractivity contribution in [2.75, 3.05) is 20.1 Å². The topological polar surface area (TPSA) is 27.0 Å². The van der Waals surface area contributed by atoms with E-state index in [9.17, 15) is 5.26 Å². The minimum atomic E-state index is -0.0229. The Morgan fingerprint density at radius 2 is 1.88 bits per heavy atom. The molecule has 92 valence electrons. The van der Waals surface area contributed by atoms with Crippen LogP contribution >= 0.6 is 0 Å². The largest absolute Gasteiger partial charge is 0.304 e. The maximum absolute atomic E-state index is 9.24. The summed E-state index contributed by atoms with van der Waals surface area (Å²) in [7, 11) is 2.10. The van der Waals surface area contributed by atoms with E-state index in [0.29, 0.717) is 5.92 Å². The highest BCUT2D eigenvalue weighted by Gasteiger charge is 2.14. The molecular weight excluding hydrogens is 208 g/mol. The van der Waals surface area contributed by atoms with E-state index in [2.05, 4.69) is 31.9 Å². The molecule has 0 radical (unpaired) electrons. The number of benzene rings is 1. The van der Waals surface area contributed by atoms with Crippen LogP contribution in [0.3, 0.4) is 0 Å². The molecule has 0 aliphatic heterocycles. The van der Waals surface area contributed by atoms with Crippen molar-refractivity contribution in [2.24, 2.45) is 5.92 Å². The maximum atomic E-state index is 9.24. The molecule has 1 aromatic carbocycles. The van der Waals surface area contributed by atoms with Crippen LogP contribution in [-0.4, -0.2) is 25.0 Å². The first-order valence-electron chi connectivity index (χ1n) is 6.30. The summed E-state index contributed by atoms with van der Waals surface area (Å²) in [4.78, 5) is 2.26. The van der Waals surface area contributed by atoms with Crippen molar-refractivity contribution in [1.29, 1.82) is 5.26 Å². The van der Waals surface area contributed by atoms with Crippen molar-refractivity contribution in [3.63, 3.8) is 0 Å². The van der Waals surface area contributed by atoms with Gasteiger partial charge in [0.05, 0.1) is 12.0 Å². The second-order valence-corrected chi connectivity index (χ2v) is 4.83. The van der Waals surface area contributed by atoms with Crippen LogP contribution in [0.1, 0.15) is 31.7 Å².